The zero-order valence-electron chi connectivity index (χ0n) is 15.7. The van der Waals surface area contributed by atoms with Gasteiger partial charge in [0, 0.05) is 36.8 Å². The molecule has 2 aromatic rings. The van der Waals surface area contributed by atoms with Crippen LogP contribution in [0.25, 0.3) is 5.69 Å². The number of nitrogens with zero attached hydrogens (tertiary/aromatic N) is 3. The van der Waals surface area contributed by atoms with E-state index in [1.807, 2.05) is 24.3 Å². The number of likely N-dealkylation sites (N-methyl/N-ethyl adjacent to an activating group) is 1. The first kappa shape index (κ1) is 18.3. The van der Waals surface area contributed by atoms with E-state index in [2.05, 4.69) is 16.9 Å². The second kappa shape index (κ2) is 6.80. The van der Waals surface area contributed by atoms with Crippen molar-refractivity contribution >= 4 is 11.8 Å². The van der Waals surface area contributed by atoms with E-state index in [1.54, 1.807) is 11.7 Å². The van der Waals surface area contributed by atoms with Crippen LogP contribution in [0.2, 0.25) is 0 Å². The van der Waals surface area contributed by atoms with Crippen LogP contribution in [-0.4, -0.2) is 50.8 Å². The van der Waals surface area contributed by atoms with Crippen molar-refractivity contribution in [2.24, 2.45) is 5.73 Å². The number of nitrogens with two attached hydrogens (primary N) is 1. The monoisotopic (exact) mass is 378 g/mol. The predicted molar refractivity (Wildman–Crippen MR) is 103 cm³/mol. The Morgan fingerprint density at radius 3 is 2.82 bits per heavy atom. The molecule has 3 N–H and O–H groups in total. The summed E-state index contributed by atoms with van der Waals surface area (Å²) in [4.78, 5) is 25.3. The summed E-state index contributed by atoms with van der Waals surface area (Å²) >= 11 is 0. The molecule has 1 atom stereocenters. The molecule has 1 aromatic heterocycles. The zero-order valence-corrected chi connectivity index (χ0v) is 15.7. The fourth-order valence-corrected chi connectivity index (χ4v) is 3.87. The molecule has 144 valence electrons. The highest BCUT2D eigenvalue weighted by molar-refractivity contribution is 5.93. The molecule has 1 fully saturated rings. The van der Waals surface area contributed by atoms with Gasteiger partial charge in [-0.3, -0.25) is 9.59 Å². The van der Waals surface area contributed by atoms with Gasteiger partial charge in [0.15, 0.2) is 5.69 Å². The number of primary amides is 1. The second-order valence-corrected chi connectivity index (χ2v) is 7.39. The minimum absolute atomic E-state index is 0.295. The van der Waals surface area contributed by atoms with Crippen LogP contribution in [0.5, 0.6) is 0 Å². The van der Waals surface area contributed by atoms with E-state index < -0.39 is 11.5 Å². The molecule has 1 aliphatic heterocycles. The number of hydrogen-bond acceptors (Lipinski definition) is 4. The van der Waals surface area contributed by atoms with Gasteiger partial charge in [-0.15, -0.1) is 0 Å². The number of likely N-dealkylation sites (tertiary alicyclic amines) is 1. The molecule has 0 unspecified atom stereocenters. The number of aliphatic hydroxyl groups is 1. The molecule has 1 aliphatic carbocycles. The Balaban J connectivity index is 1.71. The van der Waals surface area contributed by atoms with Crippen LogP contribution in [0.15, 0.2) is 24.3 Å². The van der Waals surface area contributed by atoms with Gasteiger partial charge in [-0.2, -0.15) is 5.10 Å². The van der Waals surface area contributed by atoms with Crippen molar-refractivity contribution in [1.29, 1.82) is 0 Å². The first-order chi connectivity index (χ1) is 13.4. The Bertz CT molecular complexity index is 1030. The van der Waals surface area contributed by atoms with Crippen molar-refractivity contribution < 1.29 is 14.7 Å². The lowest BCUT2D eigenvalue weighted by atomic mass is 9.95. The summed E-state index contributed by atoms with van der Waals surface area (Å²) in [7, 11) is 1.65. The Morgan fingerprint density at radius 1 is 1.32 bits per heavy atom. The van der Waals surface area contributed by atoms with Gasteiger partial charge in [0.05, 0.1) is 5.69 Å². The zero-order chi connectivity index (χ0) is 19.9. The van der Waals surface area contributed by atoms with Crippen LogP contribution in [0.1, 0.15) is 46.6 Å². The molecule has 1 aromatic carbocycles. The SMILES string of the molecule is CN1CC[C@@](O)(C#Cc2cccc(-n3nc(C(N)=O)c4c3CCCC4)c2)C1=O. The topological polar surface area (TPSA) is 101 Å². The molecule has 7 nitrogen and oxygen atoms in total. The fraction of sp³-hybridized carbons (Fsp3) is 0.381. The van der Waals surface area contributed by atoms with Crippen molar-refractivity contribution in [3.63, 3.8) is 0 Å². The minimum Gasteiger partial charge on any atom is -0.369 e. The number of carbonyl (C=O) groups is 2. The lowest BCUT2D eigenvalue weighted by Crippen LogP contribution is -2.37. The van der Waals surface area contributed by atoms with Crippen LogP contribution in [0.4, 0.5) is 0 Å². The average molecular weight is 378 g/mol. The Morgan fingerprint density at radius 2 is 2.11 bits per heavy atom. The summed E-state index contributed by atoms with van der Waals surface area (Å²) in [6.07, 6.45) is 4.00. The van der Waals surface area contributed by atoms with Crippen molar-refractivity contribution in [3.05, 3.63) is 46.8 Å². The van der Waals surface area contributed by atoms with E-state index in [4.69, 9.17) is 5.73 Å². The third-order valence-electron chi connectivity index (χ3n) is 5.43. The molecule has 7 heteroatoms. The van der Waals surface area contributed by atoms with Gasteiger partial charge in [-0.1, -0.05) is 17.9 Å². The number of benzene rings is 1. The first-order valence-electron chi connectivity index (χ1n) is 9.41. The highest BCUT2D eigenvalue weighted by atomic mass is 16.3. The van der Waals surface area contributed by atoms with Gasteiger partial charge in [0.1, 0.15) is 0 Å². The first-order valence-corrected chi connectivity index (χ1v) is 9.41. The molecular formula is C21H22N4O3. The van der Waals surface area contributed by atoms with Gasteiger partial charge < -0.3 is 15.7 Å². The van der Waals surface area contributed by atoms with Crippen LogP contribution in [0.3, 0.4) is 0 Å². The van der Waals surface area contributed by atoms with Crippen molar-refractivity contribution in [2.75, 3.05) is 13.6 Å². The van der Waals surface area contributed by atoms with Crippen molar-refractivity contribution in [2.45, 2.75) is 37.7 Å². The number of aromatic nitrogens is 2. The summed E-state index contributed by atoms with van der Waals surface area (Å²) in [6, 6.07) is 7.38. The molecule has 0 saturated carbocycles. The Labute approximate surface area is 163 Å². The van der Waals surface area contributed by atoms with Crippen LogP contribution in [0, 0.1) is 11.8 Å². The van der Waals surface area contributed by atoms with Gasteiger partial charge in [0.2, 0.25) is 5.60 Å². The largest absolute Gasteiger partial charge is 0.369 e. The highest BCUT2D eigenvalue weighted by Gasteiger charge is 2.42. The van der Waals surface area contributed by atoms with Crippen molar-refractivity contribution in [3.8, 4) is 17.5 Å². The van der Waals surface area contributed by atoms with Gasteiger partial charge in [-0.05, 0) is 43.9 Å². The molecule has 0 spiro atoms. The van der Waals surface area contributed by atoms with Crippen LogP contribution < -0.4 is 5.73 Å². The van der Waals surface area contributed by atoms with Crippen LogP contribution in [-0.2, 0) is 17.6 Å². The van der Waals surface area contributed by atoms with Crippen molar-refractivity contribution in [1.82, 2.24) is 14.7 Å². The standard InChI is InChI=1S/C21H22N4O3/c1-24-12-11-21(28,20(24)27)10-9-14-5-4-6-15(13-14)25-17-8-3-2-7-16(17)18(23-25)19(22)26/h4-6,13,28H,2-3,7-8,11-12H2,1H3,(H2,22,26)/t21-/m0/s1. The fourth-order valence-electron chi connectivity index (χ4n) is 3.87. The van der Waals surface area contributed by atoms with Gasteiger partial charge in [-0.25, -0.2) is 4.68 Å². The third-order valence-corrected chi connectivity index (χ3v) is 5.43. The Kier molecular flexibility index (Phi) is 4.44. The van der Waals surface area contributed by atoms with E-state index in [9.17, 15) is 14.7 Å². The molecule has 4 rings (SSSR count). The smallest absolute Gasteiger partial charge is 0.269 e. The average Bonchev–Trinajstić information content (AvgIpc) is 3.21. The molecule has 2 amide bonds. The third kappa shape index (κ3) is 3.06. The number of fused-ring (bicyclic) bond motifs is 1. The quantitative estimate of drug-likeness (QED) is 0.755. The molecule has 2 aliphatic rings. The summed E-state index contributed by atoms with van der Waals surface area (Å²) in [6.45, 7) is 0.485. The van der Waals surface area contributed by atoms with E-state index in [0.29, 0.717) is 24.2 Å². The highest BCUT2D eigenvalue weighted by Crippen LogP contribution is 2.27. The van der Waals surface area contributed by atoms with E-state index in [1.165, 1.54) is 4.90 Å². The summed E-state index contributed by atoms with van der Waals surface area (Å²) in [5.41, 5.74) is 7.60. The van der Waals surface area contributed by atoms with Gasteiger partial charge >= 0.3 is 0 Å². The molecule has 28 heavy (non-hydrogen) atoms. The van der Waals surface area contributed by atoms with E-state index >= 15 is 0 Å². The maximum atomic E-state index is 12.1. The molecular weight excluding hydrogens is 356 g/mol. The number of rotatable bonds is 2. The lowest BCUT2D eigenvalue weighted by molar-refractivity contribution is -0.137. The lowest BCUT2D eigenvalue weighted by Gasteiger charge is -2.14. The summed E-state index contributed by atoms with van der Waals surface area (Å²) < 4.78 is 1.77. The van der Waals surface area contributed by atoms with Crippen LogP contribution >= 0.6 is 0 Å². The maximum absolute atomic E-state index is 12.1. The van der Waals surface area contributed by atoms with E-state index in [0.717, 1.165) is 42.6 Å². The maximum Gasteiger partial charge on any atom is 0.269 e. The van der Waals surface area contributed by atoms with Gasteiger partial charge in [0.25, 0.3) is 11.8 Å². The Hall–Kier alpha value is -3.11. The van der Waals surface area contributed by atoms with E-state index in [-0.39, 0.29) is 5.91 Å². The second-order valence-electron chi connectivity index (χ2n) is 7.39. The molecule has 0 bridgehead atoms. The number of amides is 2. The molecule has 1 saturated heterocycles. The molecule has 0 radical (unpaired) electrons. The molecule has 2 heterocycles. The number of carbonyl (C=O) groups excluding carboxylic acids is 2. The minimum atomic E-state index is -1.63. The number of hydrogen-bond donors (Lipinski definition) is 2. The summed E-state index contributed by atoms with van der Waals surface area (Å²) in [5, 5.41) is 14.9. The normalized spacial score (nSPS) is 21.2. The summed E-state index contributed by atoms with van der Waals surface area (Å²) in [5.74, 6) is 4.76. The predicted octanol–water partition coefficient (Wildman–Crippen LogP) is 0.795.